The summed E-state index contributed by atoms with van der Waals surface area (Å²) < 4.78 is 37.9. The first-order valence-electron chi connectivity index (χ1n) is 4.15. The molecule has 86 valence electrons. The van der Waals surface area contributed by atoms with Crippen LogP contribution in [0.4, 0.5) is 13.2 Å². The number of hydrogen-bond acceptors (Lipinski definition) is 4. The molecule has 1 unspecified atom stereocenters. The van der Waals surface area contributed by atoms with Crippen LogP contribution in [0.1, 0.15) is 18.3 Å². The summed E-state index contributed by atoms with van der Waals surface area (Å²) in [7, 11) is 0. The van der Waals surface area contributed by atoms with Gasteiger partial charge >= 0.3 is 6.18 Å². The molecular formula is C6H9ClF3N5. The number of rotatable bonds is 1. The van der Waals surface area contributed by atoms with E-state index in [-0.39, 0.29) is 18.4 Å². The molecule has 0 saturated carbocycles. The standard InChI is InChI=1S/C6H8F3N5.ClH/c7-6(8,9)5-11-12-13-14(5)4-1-2-10-3-4;/h4,10H,1-3H2;1H. The van der Waals surface area contributed by atoms with Crippen LogP contribution < -0.4 is 5.32 Å². The largest absolute Gasteiger partial charge is 0.453 e. The van der Waals surface area contributed by atoms with Gasteiger partial charge in [-0.25, -0.2) is 4.68 Å². The van der Waals surface area contributed by atoms with Gasteiger partial charge in [0.25, 0.3) is 5.82 Å². The van der Waals surface area contributed by atoms with Crippen molar-refractivity contribution in [3.8, 4) is 0 Å². The van der Waals surface area contributed by atoms with Crippen LogP contribution in [-0.4, -0.2) is 33.3 Å². The first kappa shape index (κ1) is 12.2. The highest BCUT2D eigenvalue weighted by Gasteiger charge is 2.40. The Balaban J connectivity index is 0.00000112. The maximum absolute atomic E-state index is 12.4. The van der Waals surface area contributed by atoms with E-state index in [1.54, 1.807) is 0 Å². The lowest BCUT2D eigenvalue weighted by Crippen LogP contribution is -2.22. The van der Waals surface area contributed by atoms with Crippen molar-refractivity contribution in [2.75, 3.05) is 13.1 Å². The molecule has 1 fully saturated rings. The summed E-state index contributed by atoms with van der Waals surface area (Å²) in [6.07, 6.45) is -3.86. The summed E-state index contributed by atoms with van der Waals surface area (Å²) in [6, 6.07) is -0.290. The SMILES string of the molecule is Cl.FC(F)(F)c1nnnn1C1CCNC1. The zero-order valence-corrected chi connectivity index (χ0v) is 8.35. The molecule has 0 radical (unpaired) electrons. The van der Waals surface area contributed by atoms with Gasteiger partial charge in [-0.3, -0.25) is 0 Å². The number of nitrogens with zero attached hydrogens (tertiary/aromatic N) is 4. The molecule has 15 heavy (non-hydrogen) atoms. The molecule has 1 saturated heterocycles. The predicted molar refractivity (Wildman–Crippen MR) is 46.6 cm³/mol. The first-order valence-corrected chi connectivity index (χ1v) is 4.15. The van der Waals surface area contributed by atoms with E-state index in [1.165, 1.54) is 0 Å². The number of aromatic nitrogens is 4. The molecule has 5 nitrogen and oxygen atoms in total. The molecule has 0 aliphatic carbocycles. The smallest absolute Gasteiger partial charge is 0.315 e. The van der Waals surface area contributed by atoms with E-state index >= 15 is 0 Å². The molecule has 9 heteroatoms. The van der Waals surface area contributed by atoms with Gasteiger partial charge in [0.2, 0.25) is 0 Å². The van der Waals surface area contributed by atoms with Crippen molar-refractivity contribution >= 4 is 12.4 Å². The number of nitrogens with one attached hydrogen (secondary N) is 1. The van der Waals surface area contributed by atoms with Gasteiger partial charge in [-0.15, -0.1) is 17.5 Å². The quantitative estimate of drug-likeness (QED) is 0.787. The minimum Gasteiger partial charge on any atom is -0.315 e. The molecule has 1 aliphatic rings. The maximum atomic E-state index is 12.4. The Morgan fingerprint density at radius 1 is 1.40 bits per heavy atom. The van der Waals surface area contributed by atoms with Gasteiger partial charge in [0.05, 0.1) is 6.04 Å². The van der Waals surface area contributed by atoms with E-state index in [1.807, 2.05) is 0 Å². The Morgan fingerprint density at radius 3 is 2.67 bits per heavy atom. The highest BCUT2D eigenvalue weighted by molar-refractivity contribution is 5.85. The topological polar surface area (TPSA) is 55.6 Å². The fraction of sp³-hybridized carbons (Fsp3) is 0.833. The average molecular weight is 244 g/mol. The minimum absolute atomic E-state index is 0. The lowest BCUT2D eigenvalue weighted by molar-refractivity contribution is -0.148. The zero-order chi connectivity index (χ0) is 10.2. The number of alkyl halides is 3. The van der Waals surface area contributed by atoms with E-state index in [0.29, 0.717) is 19.5 Å². The van der Waals surface area contributed by atoms with Crippen molar-refractivity contribution in [2.24, 2.45) is 0 Å². The maximum Gasteiger partial charge on any atom is 0.453 e. The Hall–Kier alpha value is -0.890. The van der Waals surface area contributed by atoms with Crippen molar-refractivity contribution in [2.45, 2.75) is 18.6 Å². The van der Waals surface area contributed by atoms with Gasteiger partial charge in [0.15, 0.2) is 0 Å². The molecule has 0 bridgehead atoms. The summed E-state index contributed by atoms with van der Waals surface area (Å²) in [5.74, 6) is -1.02. The summed E-state index contributed by atoms with van der Waals surface area (Å²) in [5.41, 5.74) is 0. The van der Waals surface area contributed by atoms with E-state index in [2.05, 4.69) is 20.8 Å². The molecule has 1 atom stereocenters. The van der Waals surface area contributed by atoms with Gasteiger partial charge < -0.3 is 5.32 Å². The highest BCUT2D eigenvalue weighted by atomic mass is 35.5. The lowest BCUT2D eigenvalue weighted by Gasteiger charge is -2.11. The molecule has 1 aromatic heterocycles. The predicted octanol–water partition coefficient (Wildman–Crippen LogP) is 0.648. The molecule has 2 heterocycles. The molecule has 0 spiro atoms. The van der Waals surface area contributed by atoms with Crippen LogP contribution in [0.2, 0.25) is 0 Å². The third kappa shape index (κ3) is 2.37. The van der Waals surface area contributed by atoms with E-state index in [9.17, 15) is 13.2 Å². The number of tetrazole rings is 1. The average Bonchev–Trinajstić information content (AvgIpc) is 2.73. The summed E-state index contributed by atoms with van der Waals surface area (Å²) >= 11 is 0. The molecule has 1 N–H and O–H groups in total. The van der Waals surface area contributed by atoms with Crippen LogP contribution in [0.15, 0.2) is 0 Å². The molecular weight excluding hydrogens is 235 g/mol. The van der Waals surface area contributed by atoms with Crippen molar-refractivity contribution in [1.29, 1.82) is 0 Å². The van der Waals surface area contributed by atoms with Crippen LogP contribution in [0.5, 0.6) is 0 Å². The minimum atomic E-state index is -4.48. The normalized spacial score (nSPS) is 21.4. The third-order valence-electron chi connectivity index (χ3n) is 2.13. The van der Waals surface area contributed by atoms with Gasteiger partial charge in [-0.05, 0) is 23.4 Å². The van der Waals surface area contributed by atoms with E-state index < -0.39 is 12.0 Å². The summed E-state index contributed by atoms with van der Waals surface area (Å²) in [4.78, 5) is 0. The Bertz CT molecular complexity index is 319. The van der Waals surface area contributed by atoms with Gasteiger partial charge in [0.1, 0.15) is 0 Å². The Kier molecular flexibility index (Phi) is 3.50. The van der Waals surface area contributed by atoms with Crippen LogP contribution >= 0.6 is 12.4 Å². The van der Waals surface area contributed by atoms with Crippen molar-refractivity contribution in [1.82, 2.24) is 25.5 Å². The lowest BCUT2D eigenvalue weighted by atomic mass is 10.2. The van der Waals surface area contributed by atoms with E-state index in [0.717, 1.165) is 4.68 Å². The fourth-order valence-corrected chi connectivity index (χ4v) is 1.47. The Morgan fingerprint density at radius 2 is 2.13 bits per heavy atom. The van der Waals surface area contributed by atoms with Gasteiger partial charge in [0, 0.05) is 6.54 Å². The van der Waals surface area contributed by atoms with Gasteiger partial charge in [-0.1, -0.05) is 0 Å². The van der Waals surface area contributed by atoms with E-state index in [4.69, 9.17) is 0 Å². The van der Waals surface area contributed by atoms with Gasteiger partial charge in [-0.2, -0.15) is 13.2 Å². The highest BCUT2D eigenvalue weighted by Crippen LogP contribution is 2.29. The van der Waals surface area contributed by atoms with Crippen LogP contribution in [-0.2, 0) is 6.18 Å². The Labute approximate surface area is 89.4 Å². The molecule has 1 aromatic rings. The fourth-order valence-electron chi connectivity index (χ4n) is 1.47. The molecule has 0 amide bonds. The second kappa shape index (κ2) is 4.31. The third-order valence-corrected chi connectivity index (χ3v) is 2.13. The summed E-state index contributed by atoms with van der Waals surface area (Å²) in [6.45, 7) is 1.18. The molecule has 0 aromatic carbocycles. The second-order valence-corrected chi connectivity index (χ2v) is 3.09. The molecule has 2 rings (SSSR count). The van der Waals surface area contributed by atoms with Crippen molar-refractivity contribution in [3.63, 3.8) is 0 Å². The van der Waals surface area contributed by atoms with Crippen LogP contribution in [0.25, 0.3) is 0 Å². The summed E-state index contributed by atoms with van der Waals surface area (Å²) in [5, 5.41) is 12.3. The van der Waals surface area contributed by atoms with Crippen LogP contribution in [0.3, 0.4) is 0 Å². The molecule has 1 aliphatic heterocycles. The van der Waals surface area contributed by atoms with Crippen LogP contribution in [0, 0.1) is 0 Å². The zero-order valence-electron chi connectivity index (χ0n) is 7.53. The monoisotopic (exact) mass is 243 g/mol. The second-order valence-electron chi connectivity index (χ2n) is 3.09. The number of hydrogen-bond donors (Lipinski definition) is 1. The van der Waals surface area contributed by atoms with Crippen molar-refractivity contribution < 1.29 is 13.2 Å². The van der Waals surface area contributed by atoms with Crippen molar-refractivity contribution in [3.05, 3.63) is 5.82 Å². The number of halogens is 4. The first-order chi connectivity index (χ1) is 6.59.